The van der Waals surface area contributed by atoms with Gasteiger partial charge in [-0.05, 0) is 42.0 Å². The van der Waals surface area contributed by atoms with Gasteiger partial charge in [-0.1, -0.05) is 18.2 Å². The van der Waals surface area contributed by atoms with Gasteiger partial charge in [0.1, 0.15) is 5.82 Å². The number of halogens is 1. The van der Waals surface area contributed by atoms with Gasteiger partial charge in [0.05, 0.1) is 11.7 Å². The van der Waals surface area contributed by atoms with E-state index in [0.717, 1.165) is 16.5 Å². The van der Waals surface area contributed by atoms with E-state index in [0.29, 0.717) is 5.56 Å². The van der Waals surface area contributed by atoms with Crippen LogP contribution < -0.4 is 5.43 Å². The average molecular weight is 293 g/mol. The molecule has 2 aromatic carbocycles. The molecule has 0 radical (unpaired) electrons. The lowest BCUT2D eigenvalue weighted by Crippen LogP contribution is -2.17. The molecule has 3 aromatic rings. The average Bonchev–Trinajstić information content (AvgIpc) is 2.55. The van der Waals surface area contributed by atoms with Crippen molar-refractivity contribution in [2.45, 2.75) is 0 Å². The summed E-state index contributed by atoms with van der Waals surface area (Å²) in [4.78, 5) is 16.1. The summed E-state index contributed by atoms with van der Waals surface area (Å²) >= 11 is 0. The zero-order chi connectivity index (χ0) is 15.4. The Bertz CT molecular complexity index is 844. The van der Waals surface area contributed by atoms with E-state index in [1.165, 1.54) is 30.5 Å². The highest BCUT2D eigenvalue weighted by Crippen LogP contribution is 2.11. The van der Waals surface area contributed by atoms with Gasteiger partial charge in [0.15, 0.2) is 0 Å². The van der Waals surface area contributed by atoms with Crippen LogP contribution in [0, 0.1) is 5.82 Å². The van der Waals surface area contributed by atoms with Gasteiger partial charge in [-0.15, -0.1) is 0 Å². The fraction of sp³-hybridized carbons (Fsp3) is 0. The van der Waals surface area contributed by atoms with Crippen LogP contribution in [0.3, 0.4) is 0 Å². The van der Waals surface area contributed by atoms with E-state index in [1.807, 2.05) is 30.3 Å². The lowest BCUT2D eigenvalue weighted by molar-refractivity contribution is 0.0955. The quantitative estimate of drug-likeness (QED) is 0.596. The molecule has 0 saturated heterocycles. The molecule has 3 rings (SSSR count). The maximum absolute atomic E-state index is 12.8. The summed E-state index contributed by atoms with van der Waals surface area (Å²) in [7, 11) is 0. The van der Waals surface area contributed by atoms with Crippen LogP contribution in [0.25, 0.3) is 10.9 Å². The number of aromatic nitrogens is 1. The summed E-state index contributed by atoms with van der Waals surface area (Å²) in [5, 5.41) is 4.94. The molecule has 0 bridgehead atoms. The van der Waals surface area contributed by atoms with Gasteiger partial charge < -0.3 is 0 Å². The van der Waals surface area contributed by atoms with Gasteiger partial charge in [0.25, 0.3) is 5.91 Å². The third-order valence-electron chi connectivity index (χ3n) is 3.12. The van der Waals surface area contributed by atoms with Crippen LogP contribution in [0.2, 0.25) is 0 Å². The minimum Gasteiger partial charge on any atom is -0.267 e. The number of nitrogens with zero attached hydrogens (tertiary/aromatic N) is 2. The largest absolute Gasteiger partial charge is 0.271 e. The first kappa shape index (κ1) is 13.9. The van der Waals surface area contributed by atoms with E-state index in [1.54, 1.807) is 6.20 Å². The van der Waals surface area contributed by atoms with Crippen LogP contribution in [0.4, 0.5) is 4.39 Å². The van der Waals surface area contributed by atoms with Crippen LogP contribution in [0.1, 0.15) is 15.9 Å². The summed E-state index contributed by atoms with van der Waals surface area (Å²) in [6.45, 7) is 0. The summed E-state index contributed by atoms with van der Waals surface area (Å²) in [5.74, 6) is -0.779. The van der Waals surface area contributed by atoms with E-state index >= 15 is 0 Å². The Morgan fingerprint density at radius 3 is 2.77 bits per heavy atom. The van der Waals surface area contributed by atoms with Gasteiger partial charge in [-0.3, -0.25) is 9.78 Å². The number of fused-ring (bicyclic) bond motifs is 1. The Morgan fingerprint density at radius 2 is 1.95 bits per heavy atom. The first-order chi connectivity index (χ1) is 10.7. The molecule has 0 unspecified atom stereocenters. The van der Waals surface area contributed by atoms with Crippen molar-refractivity contribution < 1.29 is 9.18 Å². The van der Waals surface area contributed by atoms with Gasteiger partial charge in [0.2, 0.25) is 0 Å². The molecule has 0 aliphatic rings. The van der Waals surface area contributed by atoms with Crippen LogP contribution in [-0.4, -0.2) is 17.1 Å². The fourth-order valence-electron chi connectivity index (χ4n) is 2.00. The SMILES string of the molecule is O=C(N/N=C/c1ccc2cccnc2c1)c1ccc(F)cc1. The highest BCUT2D eigenvalue weighted by Gasteiger charge is 2.03. The smallest absolute Gasteiger partial charge is 0.267 e. The van der Waals surface area contributed by atoms with E-state index in [4.69, 9.17) is 0 Å². The van der Waals surface area contributed by atoms with Crippen LogP contribution in [-0.2, 0) is 0 Å². The molecule has 0 aliphatic carbocycles. The molecule has 1 heterocycles. The van der Waals surface area contributed by atoms with E-state index in [2.05, 4.69) is 15.5 Å². The van der Waals surface area contributed by atoms with Crippen molar-refractivity contribution in [1.82, 2.24) is 10.4 Å². The normalized spacial score (nSPS) is 11.0. The van der Waals surface area contributed by atoms with Crippen molar-refractivity contribution in [2.75, 3.05) is 0 Å². The highest BCUT2D eigenvalue weighted by atomic mass is 19.1. The molecule has 0 spiro atoms. The molecule has 0 fully saturated rings. The summed E-state index contributed by atoms with van der Waals surface area (Å²) in [5.41, 5.74) is 4.43. The van der Waals surface area contributed by atoms with Crippen molar-refractivity contribution in [2.24, 2.45) is 5.10 Å². The molecular formula is C17H12FN3O. The predicted octanol–water partition coefficient (Wildman–Crippen LogP) is 3.14. The van der Waals surface area contributed by atoms with Crippen molar-refractivity contribution in [3.63, 3.8) is 0 Å². The third kappa shape index (κ3) is 3.15. The second kappa shape index (κ2) is 6.13. The number of carbonyl (C=O) groups excluding carboxylic acids is 1. The molecule has 0 atom stereocenters. The molecule has 1 amide bonds. The molecule has 4 nitrogen and oxygen atoms in total. The number of amides is 1. The van der Waals surface area contributed by atoms with Gasteiger partial charge in [-0.2, -0.15) is 5.10 Å². The van der Waals surface area contributed by atoms with Crippen molar-refractivity contribution >= 4 is 23.0 Å². The number of pyridine rings is 1. The molecule has 5 heteroatoms. The molecule has 0 aliphatic heterocycles. The zero-order valence-corrected chi connectivity index (χ0v) is 11.5. The minimum atomic E-state index is -0.393. The third-order valence-corrected chi connectivity index (χ3v) is 3.12. The Hall–Kier alpha value is -3.08. The number of rotatable bonds is 3. The highest BCUT2D eigenvalue weighted by molar-refractivity contribution is 5.95. The maximum Gasteiger partial charge on any atom is 0.271 e. The number of carbonyl (C=O) groups is 1. The molecule has 108 valence electrons. The monoisotopic (exact) mass is 293 g/mol. The lowest BCUT2D eigenvalue weighted by Gasteiger charge is -2.00. The predicted molar refractivity (Wildman–Crippen MR) is 83.2 cm³/mol. The summed E-state index contributed by atoms with van der Waals surface area (Å²) < 4.78 is 12.8. The second-order valence-electron chi connectivity index (χ2n) is 4.66. The van der Waals surface area contributed by atoms with E-state index in [-0.39, 0.29) is 5.82 Å². The molecule has 1 N–H and O–H groups in total. The second-order valence-corrected chi connectivity index (χ2v) is 4.66. The van der Waals surface area contributed by atoms with E-state index < -0.39 is 5.91 Å². The van der Waals surface area contributed by atoms with E-state index in [9.17, 15) is 9.18 Å². The van der Waals surface area contributed by atoms with Gasteiger partial charge in [0, 0.05) is 17.1 Å². The molecule has 1 aromatic heterocycles. The maximum atomic E-state index is 12.8. The summed E-state index contributed by atoms with van der Waals surface area (Å²) in [6.07, 6.45) is 3.26. The Labute approximate surface area is 126 Å². The minimum absolute atomic E-state index is 0.346. The molecule has 22 heavy (non-hydrogen) atoms. The first-order valence-corrected chi connectivity index (χ1v) is 6.66. The van der Waals surface area contributed by atoms with Crippen LogP contribution in [0.5, 0.6) is 0 Å². The van der Waals surface area contributed by atoms with Crippen molar-refractivity contribution in [1.29, 1.82) is 0 Å². The topological polar surface area (TPSA) is 54.4 Å². The summed E-state index contributed by atoms with van der Waals surface area (Å²) in [6, 6.07) is 14.8. The fourth-order valence-corrected chi connectivity index (χ4v) is 2.00. The number of nitrogens with one attached hydrogen (secondary N) is 1. The standard InChI is InChI=1S/C17H12FN3O/c18-15-7-5-14(6-8-15)17(22)21-20-11-12-3-4-13-2-1-9-19-16(13)10-12/h1-11H,(H,21,22)/b20-11+. The number of hydrogen-bond acceptors (Lipinski definition) is 3. The van der Waals surface area contributed by atoms with Crippen molar-refractivity contribution in [3.05, 3.63) is 77.7 Å². The van der Waals surface area contributed by atoms with Gasteiger partial charge in [-0.25, -0.2) is 9.82 Å². The van der Waals surface area contributed by atoms with Crippen LogP contribution >= 0.6 is 0 Å². The lowest BCUT2D eigenvalue weighted by atomic mass is 10.1. The van der Waals surface area contributed by atoms with Crippen LogP contribution in [0.15, 0.2) is 65.9 Å². The number of hydrogen-bond donors (Lipinski definition) is 1. The van der Waals surface area contributed by atoms with Crippen molar-refractivity contribution in [3.8, 4) is 0 Å². The number of hydrazone groups is 1. The number of benzene rings is 2. The Balaban J connectivity index is 1.70. The first-order valence-electron chi connectivity index (χ1n) is 6.66. The van der Waals surface area contributed by atoms with Gasteiger partial charge >= 0.3 is 0 Å². The Kier molecular flexibility index (Phi) is 3.87. The molecule has 0 saturated carbocycles. The Morgan fingerprint density at radius 1 is 1.14 bits per heavy atom. The molecular weight excluding hydrogens is 281 g/mol. The zero-order valence-electron chi connectivity index (χ0n) is 11.5.